The van der Waals surface area contributed by atoms with E-state index in [-0.39, 0.29) is 40.5 Å². The fourth-order valence-electron chi connectivity index (χ4n) is 2.85. The van der Waals surface area contributed by atoms with Crippen molar-refractivity contribution >= 4 is 23.5 Å². The molecule has 0 unspecified atom stereocenters. The highest BCUT2D eigenvalue weighted by Gasteiger charge is 2.35. The summed E-state index contributed by atoms with van der Waals surface area (Å²) >= 11 is 0. The number of nitrogens with one attached hydrogen (secondary N) is 1. The molecular formula is C18H17N5O4. The number of nitriles is 1. The minimum absolute atomic E-state index is 0.190. The first-order valence-corrected chi connectivity index (χ1v) is 8.20. The lowest BCUT2D eigenvalue weighted by Crippen LogP contribution is -2.31. The van der Waals surface area contributed by atoms with Gasteiger partial charge < -0.3 is 10.1 Å². The van der Waals surface area contributed by atoms with Crippen LogP contribution >= 0.6 is 0 Å². The number of nitrogens with zero attached hydrogens (tertiary/aromatic N) is 4. The first-order chi connectivity index (χ1) is 13.0. The molecular weight excluding hydrogens is 350 g/mol. The average Bonchev–Trinajstić information content (AvgIpc) is 3.14. The second-order valence-corrected chi connectivity index (χ2v) is 5.97. The van der Waals surface area contributed by atoms with Crippen LogP contribution in [0.25, 0.3) is 0 Å². The van der Waals surface area contributed by atoms with Gasteiger partial charge in [-0.25, -0.2) is 0 Å². The predicted molar refractivity (Wildman–Crippen MR) is 94.2 cm³/mol. The molecule has 9 nitrogen and oxygen atoms in total. The zero-order chi connectivity index (χ0) is 19.6. The van der Waals surface area contributed by atoms with Gasteiger partial charge in [0.1, 0.15) is 17.5 Å². The summed E-state index contributed by atoms with van der Waals surface area (Å²) < 4.78 is 6.32. The number of carbonyl (C=O) groups excluding carboxylic acids is 3. The van der Waals surface area contributed by atoms with Crippen molar-refractivity contribution in [1.29, 1.82) is 5.26 Å². The predicted octanol–water partition coefficient (Wildman–Crippen LogP) is 1.18. The van der Waals surface area contributed by atoms with Crippen LogP contribution in [0.4, 0.5) is 5.82 Å². The van der Waals surface area contributed by atoms with Crippen molar-refractivity contribution in [3.05, 3.63) is 46.6 Å². The molecule has 0 radical (unpaired) electrons. The molecule has 1 aliphatic rings. The van der Waals surface area contributed by atoms with Crippen LogP contribution in [0.2, 0.25) is 0 Å². The van der Waals surface area contributed by atoms with Gasteiger partial charge in [-0.3, -0.25) is 24.0 Å². The van der Waals surface area contributed by atoms with Gasteiger partial charge >= 0.3 is 0 Å². The monoisotopic (exact) mass is 367 g/mol. The normalized spacial score (nSPS) is 12.9. The molecule has 0 bridgehead atoms. The summed E-state index contributed by atoms with van der Waals surface area (Å²) in [4.78, 5) is 38.6. The van der Waals surface area contributed by atoms with Gasteiger partial charge in [0.2, 0.25) is 0 Å². The van der Waals surface area contributed by atoms with E-state index in [1.54, 1.807) is 14.2 Å². The van der Waals surface area contributed by atoms with Gasteiger partial charge in [0.05, 0.1) is 17.3 Å². The van der Waals surface area contributed by atoms with Gasteiger partial charge in [0.15, 0.2) is 0 Å². The van der Waals surface area contributed by atoms with Crippen LogP contribution in [0.15, 0.2) is 24.4 Å². The van der Waals surface area contributed by atoms with Crippen molar-refractivity contribution in [2.24, 2.45) is 7.05 Å². The molecule has 2 heterocycles. The van der Waals surface area contributed by atoms with Gasteiger partial charge in [0.25, 0.3) is 17.7 Å². The maximum atomic E-state index is 12.5. The Hall–Kier alpha value is -3.51. The van der Waals surface area contributed by atoms with Crippen LogP contribution in [0.5, 0.6) is 0 Å². The number of fused-ring (bicyclic) bond motifs is 1. The SMILES string of the molecule is COCCCN1C(=O)c2ccc(C(=O)Nc3c(C#N)cnn3C)cc2C1=O. The summed E-state index contributed by atoms with van der Waals surface area (Å²) in [6, 6.07) is 6.28. The second-order valence-electron chi connectivity index (χ2n) is 5.97. The minimum atomic E-state index is -0.504. The molecule has 27 heavy (non-hydrogen) atoms. The van der Waals surface area contributed by atoms with Crippen LogP contribution in [0.3, 0.4) is 0 Å². The van der Waals surface area contributed by atoms with Gasteiger partial charge in [-0.05, 0) is 24.6 Å². The standard InChI is InChI=1S/C18H17N5O4/c1-22-15(12(9-19)10-20-22)21-16(24)11-4-5-13-14(8-11)18(26)23(17(13)25)6-3-7-27-2/h4-5,8,10H,3,6-7H2,1-2H3,(H,21,24). The van der Waals surface area contributed by atoms with E-state index in [9.17, 15) is 14.4 Å². The topological polar surface area (TPSA) is 117 Å². The van der Waals surface area contributed by atoms with Crippen LogP contribution < -0.4 is 5.32 Å². The summed E-state index contributed by atoms with van der Waals surface area (Å²) in [6.07, 6.45) is 1.88. The van der Waals surface area contributed by atoms with E-state index in [1.165, 1.54) is 29.1 Å². The van der Waals surface area contributed by atoms with E-state index in [0.717, 1.165) is 4.90 Å². The lowest BCUT2D eigenvalue weighted by atomic mass is 10.1. The fraction of sp³-hybridized carbons (Fsp3) is 0.278. The highest BCUT2D eigenvalue weighted by molar-refractivity contribution is 6.22. The number of aryl methyl sites for hydroxylation is 1. The Morgan fingerprint density at radius 2 is 2.04 bits per heavy atom. The number of imide groups is 1. The third-order valence-electron chi connectivity index (χ3n) is 4.25. The summed E-state index contributed by atoms with van der Waals surface area (Å²) in [6.45, 7) is 0.690. The Bertz CT molecular complexity index is 973. The second kappa shape index (κ2) is 7.39. The Kier molecular flexibility index (Phi) is 5.00. The lowest BCUT2D eigenvalue weighted by Gasteiger charge is -2.12. The number of carbonyl (C=O) groups is 3. The molecule has 1 aromatic carbocycles. The van der Waals surface area contributed by atoms with E-state index in [1.807, 2.05) is 6.07 Å². The van der Waals surface area contributed by atoms with Crippen LogP contribution in [-0.2, 0) is 11.8 Å². The Balaban J connectivity index is 1.82. The molecule has 0 atom stereocenters. The largest absolute Gasteiger partial charge is 0.385 e. The third-order valence-corrected chi connectivity index (χ3v) is 4.25. The Morgan fingerprint density at radius 1 is 1.30 bits per heavy atom. The molecule has 1 aromatic heterocycles. The number of hydrogen-bond acceptors (Lipinski definition) is 6. The van der Waals surface area contributed by atoms with Gasteiger partial charge in [-0.2, -0.15) is 10.4 Å². The molecule has 0 spiro atoms. The molecule has 0 aliphatic carbocycles. The van der Waals surface area contributed by atoms with E-state index in [2.05, 4.69) is 10.4 Å². The number of rotatable bonds is 6. The van der Waals surface area contributed by atoms with E-state index in [0.29, 0.717) is 13.0 Å². The number of anilines is 1. The maximum absolute atomic E-state index is 12.5. The van der Waals surface area contributed by atoms with Crippen molar-refractivity contribution in [1.82, 2.24) is 14.7 Å². The Labute approximate surface area is 155 Å². The smallest absolute Gasteiger partial charge is 0.261 e. The van der Waals surface area contributed by atoms with Crippen LogP contribution in [-0.4, -0.2) is 52.7 Å². The molecule has 1 aliphatic heterocycles. The molecule has 0 saturated heterocycles. The molecule has 2 aromatic rings. The number of benzene rings is 1. The quantitative estimate of drug-likeness (QED) is 0.605. The highest BCUT2D eigenvalue weighted by Crippen LogP contribution is 2.25. The van der Waals surface area contributed by atoms with Crippen LogP contribution in [0.1, 0.15) is 43.1 Å². The van der Waals surface area contributed by atoms with Crippen molar-refractivity contribution in [3.63, 3.8) is 0 Å². The molecule has 3 rings (SSSR count). The molecule has 0 saturated carbocycles. The molecule has 0 fully saturated rings. The average molecular weight is 367 g/mol. The summed E-state index contributed by atoms with van der Waals surface area (Å²) in [5, 5.41) is 15.6. The van der Waals surface area contributed by atoms with E-state index < -0.39 is 11.8 Å². The first kappa shape index (κ1) is 18.3. The minimum Gasteiger partial charge on any atom is -0.385 e. The number of aromatic nitrogens is 2. The lowest BCUT2D eigenvalue weighted by molar-refractivity contribution is 0.0638. The number of methoxy groups -OCH3 is 1. The van der Waals surface area contributed by atoms with Gasteiger partial charge in [-0.1, -0.05) is 0 Å². The van der Waals surface area contributed by atoms with Crippen molar-refractivity contribution in [2.45, 2.75) is 6.42 Å². The zero-order valence-electron chi connectivity index (χ0n) is 14.9. The summed E-state index contributed by atoms with van der Waals surface area (Å²) in [7, 11) is 3.15. The zero-order valence-corrected chi connectivity index (χ0v) is 14.9. The molecule has 3 amide bonds. The number of hydrogen-bond donors (Lipinski definition) is 1. The first-order valence-electron chi connectivity index (χ1n) is 8.20. The highest BCUT2D eigenvalue weighted by atomic mass is 16.5. The van der Waals surface area contributed by atoms with E-state index in [4.69, 9.17) is 10.00 Å². The molecule has 138 valence electrons. The molecule has 9 heteroatoms. The van der Waals surface area contributed by atoms with E-state index >= 15 is 0 Å². The van der Waals surface area contributed by atoms with Gasteiger partial charge in [0, 0.05) is 32.9 Å². The van der Waals surface area contributed by atoms with Gasteiger partial charge in [-0.15, -0.1) is 0 Å². The Morgan fingerprint density at radius 3 is 2.74 bits per heavy atom. The van der Waals surface area contributed by atoms with Crippen molar-refractivity contribution in [3.8, 4) is 6.07 Å². The van der Waals surface area contributed by atoms with Crippen LogP contribution in [0, 0.1) is 11.3 Å². The number of amides is 3. The maximum Gasteiger partial charge on any atom is 0.261 e. The molecule has 1 N–H and O–H groups in total. The van der Waals surface area contributed by atoms with Crippen molar-refractivity contribution < 1.29 is 19.1 Å². The summed E-state index contributed by atoms with van der Waals surface area (Å²) in [5.41, 5.74) is 0.893. The third kappa shape index (κ3) is 3.30. The summed E-state index contributed by atoms with van der Waals surface area (Å²) in [5.74, 6) is -1.06. The van der Waals surface area contributed by atoms with Crippen molar-refractivity contribution in [2.75, 3.05) is 25.6 Å². The fourth-order valence-corrected chi connectivity index (χ4v) is 2.85. The number of ether oxygens (including phenoxy) is 1.